The first kappa shape index (κ1) is 15.2. The van der Waals surface area contributed by atoms with Gasteiger partial charge >= 0.3 is 0 Å². The zero-order valence-electron chi connectivity index (χ0n) is 13.0. The van der Waals surface area contributed by atoms with Crippen molar-refractivity contribution < 1.29 is 9.84 Å². The fourth-order valence-corrected chi connectivity index (χ4v) is 3.72. The molecule has 3 aliphatic rings. The van der Waals surface area contributed by atoms with Crippen molar-refractivity contribution in [2.45, 2.75) is 62.7 Å². The molecule has 0 spiro atoms. The molecule has 0 radical (unpaired) electrons. The van der Waals surface area contributed by atoms with Crippen molar-refractivity contribution in [2.24, 2.45) is 11.7 Å². The second kappa shape index (κ2) is 6.57. The van der Waals surface area contributed by atoms with E-state index in [4.69, 9.17) is 10.5 Å². The molecule has 3 N–H and O–H groups in total. The highest BCUT2D eigenvalue weighted by Crippen LogP contribution is 2.51. The first-order chi connectivity index (χ1) is 10.2. The van der Waals surface area contributed by atoms with E-state index in [1.807, 2.05) is 0 Å². The first-order valence-corrected chi connectivity index (χ1v) is 8.65. The van der Waals surface area contributed by atoms with Crippen LogP contribution in [0.15, 0.2) is 23.5 Å². The Bertz CT molecular complexity index is 423. The summed E-state index contributed by atoms with van der Waals surface area (Å²) >= 11 is 0. The molecule has 2 aliphatic carbocycles. The Morgan fingerprint density at radius 1 is 1.38 bits per heavy atom. The second-order valence-electron chi connectivity index (χ2n) is 7.15. The van der Waals surface area contributed by atoms with Crippen LogP contribution in [0, 0.1) is 5.92 Å². The molecular weight excluding hydrogens is 261 g/mol. The highest BCUT2D eigenvalue weighted by atomic mass is 16.5. The Morgan fingerprint density at radius 3 is 2.81 bits per heavy atom. The van der Waals surface area contributed by atoms with Crippen molar-refractivity contribution in [3.05, 3.63) is 23.5 Å². The average Bonchev–Trinajstić information content (AvgIpc) is 3.35. The zero-order valence-corrected chi connectivity index (χ0v) is 13.0. The summed E-state index contributed by atoms with van der Waals surface area (Å²) in [5.74, 6) is 1.69. The highest BCUT2D eigenvalue weighted by molar-refractivity contribution is 6.54. The molecule has 2 fully saturated rings. The maximum atomic E-state index is 10.6. The average molecular weight is 289 g/mol. The maximum absolute atomic E-state index is 10.6. The monoisotopic (exact) mass is 289 g/mol. The van der Waals surface area contributed by atoms with E-state index in [-0.39, 0.29) is 11.4 Å². The van der Waals surface area contributed by atoms with Gasteiger partial charge in [0.1, 0.15) is 13.0 Å². The van der Waals surface area contributed by atoms with Crippen molar-refractivity contribution in [1.29, 1.82) is 0 Å². The third-order valence-corrected chi connectivity index (χ3v) is 5.55. The van der Waals surface area contributed by atoms with E-state index in [0.717, 1.165) is 50.3 Å². The predicted molar refractivity (Wildman–Crippen MR) is 87.6 cm³/mol. The minimum Gasteiger partial charge on any atom is -0.494 e. The summed E-state index contributed by atoms with van der Waals surface area (Å²) in [6, 6.07) is 0. The third-order valence-electron chi connectivity index (χ3n) is 5.55. The first-order valence-electron chi connectivity index (χ1n) is 8.65. The molecule has 4 heteroatoms. The molecule has 0 unspecified atom stereocenters. The zero-order chi connectivity index (χ0) is 14.7. The number of nitrogens with two attached hydrogens (primary N) is 1. The molecule has 0 aromatic rings. The van der Waals surface area contributed by atoms with Gasteiger partial charge < -0.3 is 15.6 Å². The molecule has 0 aromatic heterocycles. The van der Waals surface area contributed by atoms with Crippen molar-refractivity contribution >= 4 is 7.28 Å². The van der Waals surface area contributed by atoms with Gasteiger partial charge in [-0.3, -0.25) is 0 Å². The molecule has 116 valence electrons. The maximum Gasteiger partial charge on any atom is 0.132 e. The molecule has 3 nitrogen and oxygen atoms in total. The number of allylic oxidation sites excluding steroid dienone is 2. The highest BCUT2D eigenvalue weighted by Gasteiger charge is 2.49. The molecule has 21 heavy (non-hydrogen) atoms. The summed E-state index contributed by atoms with van der Waals surface area (Å²) in [6.07, 6.45) is 13.6. The smallest absolute Gasteiger partial charge is 0.132 e. The van der Waals surface area contributed by atoms with Crippen LogP contribution in [0.4, 0.5) is 0 Å². The summed E-state index contributed by atoms with van der Waals surface area (Å²) in [5.41, 5.74) is 6.96. The summed E-state index contributed by atoms with van der Waals surface area (Å²) in [4.78, 5) is 0. The molecule has 1 saturated heterocycles. The van der Waals surface area contributed by atoms with Crippen LogP contribution in [-0.4, -0.2) is 31.6 Å². The fourth-order valence-electron chi connectivity index (χ4n) is 3.72. The minimum atomic E-state index is -0.371. The van der Waals surface area contributed by atoms with E-state index in [1.54, 1.807) is 0 Å². The van der Waals surface area contributed by atoms with Gasteiger partial charge in [0.25, 0.3) is 0 Å². The summed E-state index contributed by atoms with van der Waals surface area (Å²) in [7, 11) is 1.06. The number of hydrogen-bond acceptors (Lipinski definition) is 3. The van der Waals surface area contributed by atoms with E-state index >= 15 is 0 Å². The summed E-state index contributed by atoms with van der Waals surface area (Å²) in [5, 5.41) is 10.5. The normalized spacial score (nSPS) is 31.0. The third kappa shape index (κ3) is 3.54. The second-order valence-corrected chi connectivity index (χ2v) is 7.15. The number of ether oxygens (including phenoxy) is 1. The lowest BCUT2D eigenvalue weighted by atomic mass is 9.78. The number of aliphatic hydroxyl groups is 1. The Balaban J connectivity index is 1.55. The van der Waals surface area contributed by atoms with Gasteiger partial charge in [-0.15, -0.1) is 0 Å². The topological polar surface area (TPSA) is 55.5 Å². The molecular formula is C17H28BNO2. The van der Waals surface area contributed by atoms with Crippen LogP contribution >= 0.6 is 0 Å². The van der Waals surface area contributed by atoms with Gasteiger partial charge in [0.15, 0.2) is 0 Å². The van der Waals surface area contributed by atoms with Crippen molar-refractivity contribution in [2.75, 3.05) is 13.2 Å². The summed E-state index contributed by atoms with van der Waals surface area (Å²) in [6.45, 7) is 1.43. The van der Waals surface area contributed by atoms with Crippen LogP contribution in [0.25, 0.3) is 0 Å². The largest absolute Gasteiger partial charge is 0.494 e. The van der Waals surface area contributed by atoms with Gasteiger partial charge in [0.2, 0.25) is 0 Å². The molecule has 0 amide bonds. The molecule has 2 atom stereocenters. The lowest BCUT2D eigenvalue weighted by Crippen LogP contribution is -2.28. The molecule has 0 aromatic carbocycles. The number of rotatable bonds is 6. The van der Waals surface area contributed by atoms with Gasteiger partial charge in [0.05, 0.1) is 12.7 Å². The van der Waals surface area contributed by atoms with Crippen molar-refractivity contribution in [1.82, 2.24) is 0 Å². The van der Waals surface area contributed by atoms with E-state index in [9.17, 15) is 5.11 Å². The van der Waals surface area contributed by atoms with Crippen LogP contribution in [-0.2, 0) is 4.74 Å². The van der Waals surface area contributed by atoms with Crippen molar-refractivity contribution in [3.63, 3.8) is 0 Å². The van der Waals surface area contributed by atoms with E-state index in [1.165, 1.54) is 32.1 Å². The Hall–Kier alpha value is -0.735. The van der Waals surface area contributed by atoms with Gasteiger partial charge in [-0.25, -0.2) is 0 Å². The predicted octanol–water partition coefficient (Wildman–Crippen LogP) is 2.53. The Kier molecular flexibility index (Phi) is 4.75. The Morgan fingerprint density at radius 2 is 2.14 bits per heavy atom. The summed E-state index contributed by atoms with van der Waals surface area (Å²) < 4.78 is 6.01. The number of aliphatic hydroxyl groups excluding tert-OH is 1. The van der Waals surface area contributed by atoms with Crippen molar-refractivity contribution in [3.8, 4) is 0 Å². The lowest BCUT2D eigenvalue weighted by Gasteiger charge is -2.27. The van der Waals surface area contributed by atoms with Gasteiger partial charge in [-0.05, 0) is 61.2 Å². The molecule has 3 rings (SSSR count). The van der Waals surface area contributed by atoms with E-state index in [0.29, 0.717) is 6.54 Å². The lowest BCUT2D eigenvalue weighted by molar-refractivity contribution is 0.144. The molecule has 1 saturated carbocycles. The van der Waals surface area contributed by atoms with Crippen LogP contribution in [0.5, 0.6) is 0 Å². The van der Waals surface area contributed by atoms with Crippen LogP contribution < -0.4 is 5.73 Å². The molecule has 1 heterocycles. The van der Waals surface area contributed by atoms with Crippen LogP contribution in [0.3, 0.4) is 0 Å². The molecule has 1 aliphatic heterocycles. The SMILES string of the molecule is NC[C@@]1([C@@H](O)C2=CC(OCC3CCCCC3)=CCC2)BC1. The fraction of sp³-hybridized carbons (Fsp3) is 0.765. The molecule has 0 bridgehead atoms. The van der Waals surface area contributed by atoms with Crippen LogP contribution in [0.1, 0.15) is 44.9 Å². The standard InChI is InChI=1S/C17H28BNO2/c19-12-17(11-18-17)16(20)14-7-4-8-15(9-14)21-10-13-5-2-1-3-6-13/h8-9,13,16,18,20H,1-7,10-12,19H2/t16-,17-/m0/s1. The quantitative estimate of drug-likeness (QED) is 0.739. The van der Waals surface area contributed by atoms with E-state index in [2.05, 4.69) is 12.2 Å². The number of hydrogen-bond donors (Lipinski definition) is 2. The van der Waals surface area contributed by atoms with Gasteiger partial charge in [-0.1, -0.05) is 25.6 Å². The Labute approximate surface area is 128 Å². The van der Waals surface area contributed by atoms with E-state index < -0.39 is 0 Å². The van der Waals surface area contributed by atoms with Gasteiger partial charge in [-0.2, -0.15) is 0 Å². The van der Waals surface area contributed by atoms with Crippen LogP contribution in [0.2, 0.25) is 11.6 Å². The van der Waals surface area contributed by atoms with Gasteiger partial charge in [0, 0.05) is 0 Å². The minimum absolute atomic E-state index is 0.0301.